The van der Waals surface area contributed by atoms with Gasteiger partial charge < -0.3 is 9.64 Å². The highest BCUT2D eigenvalue weighted by Gasteiger charge is 2.34. The van der Waals surface area contributed by atoms with Crippen molar-refractivity contribution < 1.29 is 17.9 Å². The Labute approximate surface area is 154 Å². The fraction of sp³-hybridized carbons (Fsp3) is 0.588. The molecule has 0 aliphatic carbocycles. The van der Waals surface area contributed by atoms with E-state index in [4.69, 9.17) is 16.3 Å². The van der Waals surface area contributed by atoms with Crippen molar-refractivity contribution in [3.63, 3.8) is 0 Å². The van der Waals surface area contributed by atoms with Crippen molar-refractivity contribution in [2.45, 2.75) is 25.4 Å². The molecule has 1 amide bonds. The number of ether oxygens (including phenoxy) is 1. The molecule has 25 heavy (non-hydrogen) atoms. The van der Waals surface area contributed by atoms with Crippen LogP contribution < -0.4 is 4.74 Å². The van der Waals surface area contributed by atoms with E-state index in [1.807, 2.05) is 31.0 Å². The quantitative estimate of drug-likeness (QED) is 0.711. The molecular formula is C17H25ClN2O4S. The normalized spacial score (nSPS) is 20.4. The van der Waals surface area contributed by atoms with Gasteiger partial charge in [-0.2, -0.15) is 0 Å². The number of hydrogen-bond donors (Lipinski definition) is 0. The van der Waals surface area contributed by atoms with Gasteiger partial charge in [0.25, 0.3) is 0 Å². The first-order valence-electron chi connectivity index (χ1n) is 8.26. The Hall–Kier alpha value is -1.31. The molecule has 1 fully saturated rings. The van der Waals surface area contributed by atoms with Crippen LogP contribution in [-0.2, 0) is 14.6 Å². The zero-order valence-corrected chi connectivity index (χ0v) is 16.4. The highest BCUT2D eigenvalue weighted by molar-refractivity contribution is 7.91. The van der Waals surface area contributed by atoms with Crippen molar-refractivity contribution in [3.05, 3.63) is 29.3 Å². The van der Waals surface area contributed by atoms with Gasteiger partial charge >= 0.3 is 0 Å². The molecule has 0 spiro atoms. The Morgan fingerprint density at radius 3 is 2.64 bits per heavy atom. The summed E-state index contributed by atoms with van der Waals surface area (Å²) in [7, 11) is 0.515. The second kappa shape index (κ2) is 8.38. The van der Waals surface area contributed by atoms with Crippen LogP contribution in [-0.4, -0.2) is 75.0 Å². The van der Waals surface area contributed by atoms with Crippen LogP contribution in [0.15, 0.2) is 24.3 Å². The van der Waals surface area contributed by atoms with Crippen LogP contribution in [0.3, 0.4) is 0 Å². The summed E-state index contributed by atoms with van der Waals surface area (Å²) < 4.78 is 28.8. The maximum atomic E-state index is 12.6. The molecule has 6 nitrogen and oxygen atoms in total. The minimum atomic E-state index is -3.01. The zero-order chi connectivity index (χ0) is 18.6. The third-order valence-electron chi connectivity index (χ3n) is 4.66. The highest BCUT2D eigenvalue weighted by Crippen LogP contribution is 2.23. The second-order valence-electron chi connectivity index (χ2n) is 6.44. The molecule has 1 heterocycles. The summed E-state index contributed by atoms with van der Waals surface area (Å²) in [5, 5.41) is 0.552. The van der Waals surface area contributed by atoms with Crippen molar-refractivity contribution in [1.29, 1.82) is 0 Å². The first kappa shape index (κ1) is 20.0. The number of nitrogens with zero attached hydrogens (tertiary/aromatic N) is 2. The van der Waals surface area contributed by atoms with E-state index in [1.54, 1.807) is 24.1 Å². The molecule has 0 saturated carbocycles. The number of hydrogen-bond acceptors (Lipinski definition) is 5. The van der Waals surface area contributed by atoms with Crippen LogP contribution >= 0.6 is 11.6 Å². The molecule has 0 bridgehead atoms. The summed E-state index contributed by atoms with van der Waals surface area (Å²) in [6.07, 6.45) is 0.511. The lowest BCUT2D eigenvalue weighted by Crippen LogP contribution is -2.49. The Morgan fingerprint density at radius 1 is 1.36 bits per heavy atom. The van der Waals surface area contributed by atoms with Crippen molar-refractivity contribution >= 4 is 27.3 Å². The number of sulfone groups is 1. The van der Waals surface area contributed by atoms with E-state index in [2.05, 4.69) is 0 Å². The van der Waals surface area contributed by atoms with Crippen LogP contribution in [0.5, 0.6) is 5.75 Å². The minimum Gasteiger partial charge on any atom is -0.491 e. The third-order valence-corrected chi connectivity index (χ3v) is 6.72. The molecule has 1 aromatic carbocycles. The largest absolute Gasteiger partial charge is 0.491 e. The maximum Gasteiger partial charge on any atom is 0.239 e. The van der Waals surface area contributed by atoms with Crippen LogP contribution in [0.2, 0.25) is 5.02 Å². The Morgan fingerprint density at radius 2 is 2.04 bits per heavy atom. The number of rotatable bonds is 7. The molecule has 0 radical (unpaired) electrons. The molecule has 2 atom stereocenters. The number of benzene rings is 1. The molecular weight excluding hydrogens is 364 g/mol. The topological polar surface area (TPSA) is 66.9 Å². The van der Waals surface area contributed by atoms with Crippen LogP contribution in [0.4, 0.5) is 0 Å². The van der Waals surface area contributed by atoms with Crippen LogP contribution in [0, 0.1) is 0 Å². The molecule has 0 aromatic heterocycles. The van der Waals surface area contributed by atoms with Crippen molar-refractivity contribution in [1.82, 2.24) is 9.80 Å². The van der Waals surface area contributed by atoms with Gasteiger partial charge in [0.15, 0.2) is 9.84 Å². The number of carbonyl (C=O) groups is 1. The summed E-state index contributed by atoms with van der Waals surface area (Å²) in [5.41, 5.74) is 0. The van der Waals surface area contributed by atoms with Crippen LogP contribution in [0.1, 0.15) is 13.3 Å². The molecule has 1 saturated heterocycles. The number of carbonyl (C=O) groups excluding carboxylic acids is 1. The van der Waals surface area contributed by atoms with Gasteiger partial charge in [-0.3, -0.25) is 9.69 Å². The van der Waals surface area contributed by atoms with E-state index in [0.29, 0.717) is 30.3 Å². The second-order valence-corrected chi connectivity index (χ2v) is 9.08. The van der Waals surface area contributed by atoms with Gasteiger partial charge in [-0.15, -0.1) is 0 Å². The molecule has 2 unspecified atom stereocenters. The molecule has 8 heteroatoms. The fourth-order valence-corrected chi connectivity index (χ4v) is 4.76. The molecule has 1 aliphatic heterocycles. The van der Waals surface area contributed by atoms with Crippen LogP contribution in [0.25, 0.3) is 0 Å². The fourth-order valence-electron chi connectivity index (χ4n) is 2.80. The molecule has 0 N–H and O–H groups in total. The average molecular weight is 389 g/mol. The Kier molecular flexibility index (Phi) is 6.71. The number of para-hydroxylation sites is 1. The predicted octanol–water partition coefficient (Wildman–Crippen LogP) is 1.68. The standard InChI is InChI=1S/C17H25ClN2O4S/c1-13(17(21)20(3)14-8-11-25(22,23)12-14)19(2)9-10-24-16-7-5-4-6-15(16)18/h4-7,13-14H,8-12H2,1-3H3. The third kappa shape index (κ3) is 5.33. The maximum absolute atomic E-state index is 12.6. The van der Waals surface area contributed by atoms with Gasteiger partial charge in [0, 0.05) is 19.6 Å². The van der Waals surface area contributed by atoms with Crippen molar-refractivity contribution in [2.75, 3.05) is 38.8 Å². The summed E-state index contributed by atoms with van der Waals surface area (Å²) in [5.74, 6) is 0.749. The predicted molar refractivity (Wildman–Crippen MR) is 98.9 cm³/mol. The lowest BCUT2D eigenvalue weighted by atomic mass is 10.2. The highest BCUT2D eigenvalue weighted by atomic mass is 35.5. The SMILES string of the molecule is CC(C(=O)N(C)C1CCS(=O)(=O)C1)N(C)CCOc1ccccc1Cl. The summed E-state index contributed by atoms with van der Waals surface area (Å²) in [4.78, 5) is 16.1. The summed E-state index contributed by atoms with van der Waals surface area (Å²) in [6, 6.07) is 6.65. The summed E-state index contributed by atoms with van der Waals surface area (Å²) >= 11 is 6.04. The summed E-state index contributed by atoms with van der Waals surface area (Å²) in [6.45, 7) is 2.77. The smallest absolute Gasteiger partial charge is 0.239 e. The van der Waals surface area contributed by atoms with E-state index in [-0.39, 0.29) is 29.5 Å². The van der Waals surface area contributed by atoms with Gasteiger partial charge in [-0.05, 0) is 32.5 Å². The lowest BCUT2D eigenvalue weighted by Gasteiger charge is -2.31. The lowest BCUT2D eigenvalue weighted by molar-refractivity contribution is -0.136. The van der Waals surface area contributed by atoms with Gasteiger partial charge in [0.1, 0.15) is 12.4 Å². The number of amides is 1. The van der Waals surface area contributed by atoms with Gasteiger partial charge in [-0.25, -0.2) is 8.42 Å². The van der Waals surface area contributed by atoms with Gasteiger partial charge in [-0.1, -0.05) is 23.7 Å². The monoisotopic (exact) mass is 388 g/mol. The van der Waals surface area contributed by atoms with E-state index in [1.165, 1.54) is 0 Å². The van der Waals surface area contributed by atoms with Gasteiger partial charge in [0.2, 0.25) is 5.91 Å². The van der Waals surface area contributed by atoms with E-state index in [0.717, 1.165) is 0 Å². The average Bonchev–Trinajstić information content (AvgIpc) is 2.94. The Bertz CT molecular complexity index is 710. The van der Waals surface area contributed by atoms with E-state index in [9.17, 15) is 13.2 Å². The van der Waals surface area contributed by atoms with Crippen molar-refractivity contribution in [2.24, 2.45) is 0 Å². The van der Waals surface area contributed by atoms with E-state index < -0.39 is 9.84 Å². The number of halogens is 1. The zero-order valence-electron chi connectivity index (χ0n) is 14.8. The first-order valence-corrected chi connectivity index (χ1v) is 10.5. The molecule has 2 rings (SSSR count). The number of likely N-dealkylation sites (N-methyl/N-ethyl adjacent to an activating group) is 2. The first-order chi connectivity index (χ1) is 11.7. The van der Waals surface area contributed by atoms with E-state index >= 15 is 0 Å². The van der Waals surface area contributed by atoms with Crippen molar-refractivity contribution in [3.8, 4) is 5.75 Å². The van der Waals surface area contributed by atoms with Gasteiger partial charge in [0.05, 0.1) is 22.6 Å². The minimum absolute atomic E-state index is 0.0568. The Balaban J connectivity index is 1.83. The molecule has 140 valence electrons. The molecule has 1 aromatic rings. The molecule has 1 aliphatic rings.